The maximum absolute atomic E-state index is 10.9. The van der Waals surface area contributed by atoms with E-state index in [-0.39, 0.29) is 5.91 Å². The zero-order valence-electron chi connectivity index (χ0n) is 5.38. The van der Waals surface area contributed by atoms with Gasteiger partial charge in [0.05, 0.1) is 6.33 Å². The van der Waals surface area contributed by atoms with Crippen LogP contribution in [0.1, 0.15) is 10.5 Å². The Morgan fingerprint density at radius 3 is 3.00 bits per heavy atom. The zero-order chi connectivity index (χ0) is 7.56. The van der Waals surface area contributed by atoms with E-state index in [1.54, 1.807) is 7.05 Å². The Bertz CT molecular complexity index is 245. The van der Waals surface area contributed by atoms with Crippen LogP contribution in [0.25, 0.3) is 0 Å². The van der Waals surface area contributed by atoms with Gasteiger partial charge < -0.3 is 10.3 Å². The minimum Gasteiger partial charge on any atom is -0.354 e. The molecule has 5 heteroatoms. The van der Waals surface area contributed by atoms with Gasteiger partial charge in [-0.2, -0.15) is 0 Å². The topological polar surface area (TPSA) is 57.8 Å². The molecule has 10 heavy (non-hydrogen) atoms. The summed E-state index contributed by atoms with van der Waals surface area (Å²) in [4.78, 5) is 17.3. The fourth-order valence-corrected chi connectivity index (χ4v) is 0.803. The molecule has 1 heterocycles. The third kappa shape index (κ3) is 1.13. The van der Waals surface area contributed by atoms with Crippen LogP contribution in [0.2, 0.25) is 0 Å². The van der Waals surface area contributed by atoms with Crippen LogP contribution in [0, 0.1) is 0 Å². The molecule has 0 unspecified atom stereocenters. The molecule has 0 fully saturated rings. The number of aromatic amines is 1. The summed E-state index contributed by atoms with van der Waals surface area (Å²) in [6.07, 6.45) is 1.42. The Labute approximate surface area is 63.5 Å². The Morgan fingerprint density at radius 2 is 2.60 bits per heavy atom. The first kappa shape index (κ1) is 7.14. The van der Waals surface area contributed by atoms with Crippen molar-refractivity contribution < 1.29 is 4.79 Å². The molecular formula is C5H7N3OS. The van der Waals surface area contributed by atoms with Crippen molar-refractivity contribution in [2.45, 2.75) is 5.03 Å². The van der Waals surface area contributed by atoms with Gasteiger partial charge in [-0.05, 0) is 0 Å². The van der Waals surface area contributed by atoms with Gasteiger partial charge in [-0.1, -0.05) is 0 Å². The summed E-state index contributed by atoms with van der Waals surface area (Å²) < 4.78 is 0. The van der Waals surface area contributed by atoms with Crippen molar-refractivity contribution >= 4 is 18.5 Å². The molecule has 4 nitrogen and oxygen atoms in total. The summed E-state index contributed by atoms with van der Waals surface area (Å²) in [5, 5.41) is 2.87. The molecule has 0 spiro atoms. The molecule has 0 saturated carbocycles. The highest BCUT2D eigenvalue weighted by molar-refractivity contribution is 7.80. The third-order valence-corrected chi connectivity index (χ3v) is 1.41. The standard InChI is InChI=1S/C5H7N3OS/c1-6-4(9)3-5(10)8-2-7-3/h2,10H,1H3,(H,6,9)(H,7,8). The van der Waals surface area contributed by atoms with Crippen LogP contribution >= 0.6 is 12.6 Å². The van der Waals surface area contributed by atoms with Crippen LogP contribution in [0.4, 0.5) is 0 Å². The number of carbonyl (C=O) groups excluding carboxylic acids is 1. The number of rotatable bonds is 1. The maximum atomic E-state index is 10.9. The second kappa shape index (κ2) is 2.74. The molecule has 0 radical (unpaired) electrons. The van der Waals surface area contributed by atoms with E-state index >= 15 is 0 Å². The fraction of sp³-hybridized carbons (Fsp3) is 0.200. The van der Waals surface area contributed by atoms with E-state index in [0.717, 1.165) is 0 Å². The fourth-order valence-electron chi connectivity index (χ4n) is 0.579. The highest BCUT2D eigenvalue weighted by Crippen LogP contribution is 2.05. The number of thiol groups is 1. The van der Waals surface area contributed by atoms with Crippen molar-refractivity contribution in [3.8, 4) is 0 Å². The van der Waals surface area contributed by atoms with Gasteiger partial charge in [0.25, 0.3) is 5.91 Å². The molecule has 0 aromatic carbocycles. The number of carbonyl (C=O) groups is 1. The molecule has 1 rings (SSSR count). The molecular weight excluding hydrogens is 150 g/mol. The molecule has 0 aliphatic rings. The van der Waals surface area contributed by atoms with E-state index in [1.165, 1.54) is 6.33 Å². The molecule has 0 aliphatic carbocycles. The number of imidazole rings is 1. The second-order valence-corrected chi connectivity index (χ2v) is 2.10. The first-order valence-electron chi connectivity index (χ1n) is 2.70. The molecule has 2 N–H and O–H groups in total. The van der Waals surface area contributed by atoms with Crippen LogP contribution in [-0.2, 0) is 0 Å². The SMILES string of the molecule is CNC(=O)c1[nH]cnc1S. The zero-order valence-corrected chi connectivity index (χ0v) is 6.27. The Kier molecular flexibility index (Phi) is 1.96. The van der Waals surface area contributed by atoms with Crippen molar-refractivity contribution in [1.29, 1.82) is 0 Å². The monoisotopic (exact) mass is 157 g/mol. The summed E-state index contributed by atoms with van der Waals surface area (Å²) in [5.74, 6) is -0.206. The van der Waals surface area contributed by atoms with Crippen molar-refractivity contribution in [2.75, 3.05) is 7.05 Å². The predicted molar refractivity (Wildman–Crippen MR) is 39.2 cm³/mol. The number of nitrogens with zero attached hydrogens (tertiary/aromatic N) is 1. The van der Waals surface area contributed by atoms with E-state index in [2.05, 4.69) is 27.9 Å². The summed E-state index contributed by atoms with van der Waals surface area (Å²) >= 11 is 3.94. The lowest BCUT2D eigenvalue weighted by Crippen LogP contribution is -2.18. The van der Waals surface area contributed by atoms with Gasteiger partial charge in [0, 0.05) is 7.05 Å². The maximum Gasteiger partial charge on any atom is 0.270 e. The van der Waals surface area contributed by atoms with Crippen LogP contribution < -0.4 is 5.32 Å². The van der Waals surface area contributed by atoms with Gasteiger partial charge >= 0.3 is 0 Å². The molecule has 0 saturated heterocycles. The van der Waals surface area contributed by atoms with E-state index in [4.69, 9.17) is 0 Å². The summed E-state index contributed by atoms with van der Waals surface area (Å²) in [5.41, 5.74) is 0.394. The van der Waals surface area contributed by atoms with Crippen LogP contribution in [0.3, 0.4) is 0 Å². The lowest BCUT2D eigenvalue weighted by atomic mass is 10.4. The van der Waals surface area contributed by atoms with E-state index < -0.39 is 0 Å². The number of amides is 1. The number of H-pyrrole nitrogens is 1. The van der Waals surface area contributed by atoms with Crippen LogP contribution in [0.5, 0.6) is 0 Å². The number of nitrogens with one attached hydrogen (secondary N) is 2. The van der Waals surface area contributed by atoms with E-state index in [1.807, 2.05) is 0 Å². The van der Waals surface area contributed by atoms with Gasteiger partial charge in [0.15, 0.2) is 0 Å². The molecule has 0 aliphatic heterocycles. The highest BCUT2D eigenvalue weighted by Gasteiger charge is 2.08. The minimum absolute atomic E-state index is 0.206. The predicted octanol–water partition coefficient (Wildman–Crippen LogP) is 0.0580. The van der Waals surface area contributed by atoms with Gasteiger partial charge in [-0.15, -0.1) is 12.6 Å². The molecule has 54 valence electrons. The molecule has 1 aromatic heterocycles. The Balaban J connectivity index is 2.93. The normalized spacial score (nSPS) is 9.40. The van der Waals surface area contributed by atoms with Gasteiger partial charge in [0.1, 0.15) is 10.7 Å². The average Bonchev–Trinajstić information content (AvgIpc) is 2.34. The molecule has 0 bridgehead atoms. The number of hydrogen-bond acceptors (Lipinski definition) is 3. The summed E-state index contributed by atoms with van der Waals surface area (Å²) in [6, 6.07) is 0. The van der Waals surface area contributed by atoms with E-state index in [9.17, 15) is 4.79 Å². The Morgan fingerprint density at radius 1 is 1.90 bits per heavy atom. The first-order chi connectivity index (χ1) is 4.75. The van der Waals surface area contributed by atoms with Crippen molar-refractivity contribution in [3.05, 3.63) is 12.0 Å². The molecule has 1 aromatic rings. The van der Waals surface area contributed by atoms with Crippen molar-refractivity contribution in [1.82, 2.24) is 15.3 Å². The minimum atomic E-state index is -0.206. The number of hydrogen-bond donors (Lipinski definition) is 3. The third-order valence-electron chi connectivity index (χ3n) is 1.07. The second-order valence-electron chi connectivity index (χ2n) is 1.68. The molecule has 0 atom stereocenters. The smallest absolute Gasteiger partial charge is 0.270 e. The largest absolute Gasteiger partial charge is 0.354 e. The summed E-state index contributed by atoms with van der Waals surface area (Å²) in [6.45, 7) is 0. The van der Waals surface area contributed by atoms with Crippen LogP contribution in [0.15, 0.2) is 11.4 Å². The number of aromatic nitrogens is 2. The van der Waals surface area contributed by atoms with Gasteiger partial charge in [-0.3, -0.25) is 4.79 Å². The van der Waals surface area contributed by atoms with Gasteiger partial charge in [0.2, 0.25) is 0 Å². The van der Waals surface area contributed by atoms with Crippen LogP contribution in [-0.4, -0.2) is 22.9 Å². The van der Waals surface area contributed by atoms with Crippen molar-refractivity contribution in [3.63, 3.8) is 0 Å². The van der Waals surface area contributed by atoms with E-state index in [0.29, 0.717) is 10.7 Å². The lowest BCUT2D eigenvalue weighted by Gasteiger charge is -1.93. The summed E-state index contributed by atoms with van der Waals surface area (Å²) in [7, 11) is 1.55. The Hall–Kier alpha value is -0.970. The molecule has 1 amide bonds. The highest BCUT2D eigenvalue weighted by atomic mass is 32.1. The average molecular weight is 157 g/mol. The van der Waals surface area contributed by atoms with Gasteiger partial charge in [-0.25, -0.2) is 4.98 Å². The first-order valence-corrected chi connectivity index (χ1v) is 3.15. The van der Waals surface area contributed by atoms with Crippen molar-refractivity contribution in [2.24, 2.45) is 0 Å². The quantitative estimate of drug-likeness (QED) is 0.505. The lowest BCUT2D eigenvalue weighted by molar-refractivity contribution is 0.0955.